The Morgan fingerprint density at radius 2 is 1.62 bits per heavy atom. The zero-order chi connectivity index (χ0) is 14.9. The van der Waals surface area contributed by atoms with E-state index in [0.717, 1.165) is 37.4 Å². The second-order valence-corrected chi connectivity index (χ2v) is 5.23. The Labute approximate surface area is 126 Å². The molecule has 0 saturated carbocycles. The third kappa shape index (κ3) is 5.58. The fourth-order valence-electron chi connectivity index (χ4n) is 2.18. The summed E-state index contributed by atoms with van der Waals surface area (Å²) in [6.07, 6.45) is 1.00. The number of aliphatic hydroxyl groups excluding tert-OH is 1. The topological polar surface area (TPSA) is 32.7 Å². The van der Waals surface area contributed by atoms with Crippen LogP contribution in [0.1, 0.15) is 17.5 Å². The minimum absolute atomic E-state index is 0.104. The van der Waals surface area contributed by atoms with Crippen LogP contribution in [0.5, 0.6) is 5.75 Å². The highest BCUT2D eigenvalue weighted by atomic mass is 16.5. The number of hydrogen-bond donors (Lipinski definition) is 1. The Morgan fingerprint density at radius 1 is 0.952 bits per heavy atom. The van der Waals surface area contributed by atoms with Crippen LogP contribution in [0.15, 0.2) is 54.6 Å². The monoisotopic (exact) mass is 285 g/mol. The lowest BCUT2D eigenvalue weighted by atomic mass is 10.1. The minimum atomic E-state index is 0.104. The average molecular weight is 285 g/mol. The van der Waals surface area contributed by atoms with Gasteiger partial charge in [0.15, 0.2) is 0 Å². The van der Waals surface area contributed by atoms with Crippen LogP contribution in [0.4, 0.5) is 0 Å². The van der Waals surface area contributed by atoms with Crippen molar-refractivity contribution in [3.8, 4) is 5.75 Å². The summed E-state index contributed by atoms with van der Waals surface area (Å²) in [7, 11) is 2.11. The highest BCUT2D eigenvalue weighted by Crippen LogP contribution is 2.09. The number of benzene rings is 2. The van der Waals surface area contributed by atoms with Gasteiger partial charge in [-0.3, -0.25) is 0 Å². The van der Waals surface area contributed by atoms with Crippen molar-refractivity contribution < 1.29 is 9.84 Å². The molecule has 0 aliphatic carbocycles. The molecule has 0 radical (unpaired) electrons. The van der Waals surface area contributed by atoms with E-state index in [9.17, 15) is 0 Å². The molecule has 0 bridgehead atoms. The molecule has 2 aromatic carbocycles. The van der Waals surface area contributed by atoms with Crippen molar-refractivity contribution >= 4 is 0 Å². The first-order chi connectivity index (χ1) is 10.3. The molecule has 1 N–H and O–H groups in total. The maximum absolute atomic E-state index is 9.02. The third-order valence-corrected chi connectivity index (χ3v) is 3.35. The molecule has 0 amide bonds. The van der Waals surface area contributed by atoms with Gasteiger partial charge in [-0.15, -0.1) is 0 Å². The van der Waals surface area contributed by atoms with Crippen molar-refractivity contribution in [3.05, 3.63) is 65.7 Å². The minimum Gasteiger partial charge on any atom is -0.494 e. The van der Waals surface area contributed by atoms with Crippen molar-refractivity contribution in [1.82, 2.24) is 4.90 Å². The highest BCUT2D eigenvalue weighted by molar-refractivity contribution is 5.22. The lowest BCUT2D eigenvalue weighted by Gasteiger charge is -2.17. The Balaban J connectivity index is 1.66. The second-order valence-electron chi connectivity index (χ2n) is 5.23. The Bertz CT molecular complexity index is 511. The van der Waals surface area contributed by atoms with E-state index in [4.69, 9.17) is 9.84 Å². The molecule has 21 heavy (non-hydrogen) atoms. The summed E-state index contributed by atoms with van der Waals surface area (Å²) in [4.78, 5) is 2.28. The van der Waals surface area contributed by atoms with Crippen molar-refractivity contribution in [2.45, 2.75) is 19.6 Å². The summed E-state index contributed by atoms with van der Waals surface area (Å²) in [6, 6.07) is 18.0. The Kier molecular flexibility index (Phi) is 6.25. The van der Waals surface area contributed by atoms with Crippen LogP contribution in [0.25, 0.3) is 0 Å². The Morgan fingerprint density at radius 3 is 2.29 bits per heavy atom. The second kappa shape index (κ2) is 8.45. The molecule has 0 unspecified atom stereocenters. The molecule has 0 heterocycles. The summed E-state index contributed by atoms with van der Waals surface area (Å²) >= 11 is 0. The lowest BCUT2D eigenvalue weighted by molar-refractivity contribution is 0.258. The summed E-state index contributed by atoms with van der Waals surface area (Å²) < 4.78 is 5.68. The molecule has 112 valence electrons. The first-order valence-electron chi connectivity index (χ1n) is 7.33. The molecule has 3 heteroatoms. The van der Waals surface area contributed by atoms with Crippen molar-refractivity contribution in [2.75, 3.05) is 20.2 Å². The van der Waals surface area contributed by atoms with Gasteiger partial charge < -0.3 is 14.7 Å². The van der Waals surface area contributed by atoms with Gasteiger partial charge in [0.25, 0.3) is 0 Å². The fraction of sp³-hybridized carbons (Fsp3) is 0.333. The third-order valence-electron chi connectivity index (χ3n) is 3.35. The Hall–Kier alpha value is -1.84. The summed E-state index contributed by atoms with van der Waals surface area (Å²) in [6.45, 7) is 2.75. The molecule has 0 aliphatic rings. The van der Waals surface area contributed by atoms with Crippen LogP contribution >= 0.6 is 0 Å². The highest BCUT2D eigenvalue weighted by Gasteiger charge is 2.01. The maximum Gasteiger partial charge on any atom is 0.119 e. The SMILES string of the molecule is CN(CCCOc1ccccc1)Cc1ccc(CO)cc1. The van der Waals surface area contributed by atoms with Crippen LogP contribution in [-0.4, -0.2) is 30.2 Å². The molecule has 0 aliphatic heterocycles. The fourth-order valence-corrected chi connectivity index (χ4v) is 2.18. The van der Waals surface area contributed by atoms with Gasteiger partial charge >= 0.3 is 0 Å². The first kappa shape index (κ1) is 15.5. The van der Waals surface area contributed by atoms with Crippen LogP contribution in [0, 0.1) is 0 Å². The molecule has 0 saturated heterocycles. The molecule has 0 aromatic heterocycles. The van der Waals surface area contributed by atoms with Gasteiger partial charge in [0, 0.05) is 13.1 Å². The predicted molar refractivity (Wildman–Crippen MR) is 85.3 cm³/mol. The van der Waals surface area contributed by atoms with Gasteiger partial charge in [-0.1, -0.05) is 42.5 Å². The van der Waals surface area contributed by atoms with E-state index in [1.165, 1.54) is 5.56 Å². The van der Waals surface area contributed by atoms with Crippen molar-refractivity contribution in [2.24, 2.45) is 0 Å². The number of para-hydroxylation sites is 1. The van der Waals surface area contributed by atoms with E-state index in [1.807, 2.05) is 42.5 Å². The largest absolute Gasteiger partial charge is 0.494 e. The quantitative estimate of drug-likeness (QED) is 0.757. The zero-order valence-corrected chi connectivity index (χ0v) is 12.5. The van der Waals surface area contributed by atoms with Crippen LogP contribution < -0.4 is 4.74 Å². The van der Waals surface area contributed by atoms with Crippen LogP contribution in [0.2, 0.25) is 0 Å². The molecule has 0 spiro atoms. The van der Waals surface area contributed by atoms with E-state index < -0.39 is 0 Å². The van der Waals surface area contributed by atoms with Crippen molar-refractivity contribution in [1.29, 1.82) is 0 Å². The van der Waals surface area contributed by atoms with Gasteiger partial charge in [-0.25, -0.2) is 0 Å². The normalized spacial score (nSPS) is 10.8. The van der Waals surface area contributed by atoms with Gasteiger partial charge in [0.2, 0.25) is 0 Å². The predicted octanol–water partition coefficient (Wildman–Crippen LogP) is 3.08. The number of aliphatic hydroxyl groups is 1. The van der Waals surface area contributed by atoms with Gasteiger partial charge in [0.05, 0.1) is 13.2 Å². The lowest BCUT2D eigenvalue weighted by Crippen LogP contribution is -2.20. The van der Waals surface area contributed by atoms with Crippen LogP contribution in [0.3, 0.4) is 0 Å². The van der Waals surface area contributed by atoms with E-state index in [1.54, 1.807) is 0 Å². The number of rotatable bonds is 8. The van der Waals surface area contributed by atoms with Gasteiger partial charge in [-0.2, -0.15) is 0 Å². The maximum atomic E-state index is 9.02. The first-order valence-corrected chi connectivity index (χ1v) is 7.33. The summed E-state index contributed by atoms with van der Waals surface area (Å²) in [5, 5.41) is 9.02. The molecule has 2 rings (SSSR count). The molecule has 3 nitrogen and oxygen atoms in total. The average Bonchev–Trinajstić information content (AvgIpc) is 2.53. The van der Waals surface area contributed by atoms with E-state index in [0.29, 0.717) is 0 Å². The van der Waals surface area contributed by atoms with Crippen molar-refractivity contribution in [3.63, 3.8) is 0 Å². The summed E-state index contributed by atoms with van der Waals surface area (Å²) in [5.74, 6) is 0.930. The molecular weight excluding hydrogens is 262 g/mol. The van der Waals surface area contributed by atoms with Gasteiger partial charge in [-0.05, 0) is 36.7 Å². The molecular formula is C18H23NO2. The van der Waals surface area contributed by atoms with E-state index >= 15 is 0 Å². The molecule has 2 aromatic rings. The van der Waals surface area contributed by atoms with Gasteiger partial charge in [0.1, 0.15) is 5.75 Å². The zero-order valence-electron chi connectivity index (χ0n) is 12.5. The molecule has 0 atom stereocenters. The van der Waals surface area contributed by atoms with E-state index in [2.05, 4.69) is 24.1 Å². The number of nitrogens with zero attached hydrogens (tertiary/aromatic N) is 1. The molecule has 0 fully saturated rings. The standard InChI is InChI=1S/C18H23NO2/c1-19(14-16-8-10-17(15-20)11-9-16)12-5-13-21-18-6-3-2-4-7-18/h2-4,6-11,20H,5,12-15H2,1H3. The number of ether oxygens (including phenoxy) is 1. The smallest absolute Gasteiger partial charge is 0.119 e. The van der Waals surface area contributed by atoms with E-state index in [-0.39, 0.29) is 6.61 Å². The number of hydrogen-bond acceptors (Lipinski definition) is 3. The summed E-state index contributed by atoms with van der Waals surface area (Å²) in [5.41, 5.74) is 2.22. The van der Waals surface area contributed by atoms with Crippen LogP contribution in [-0.2, 0) is 13.2 Å².